The van der Waals surface area contributed by atoms with Gasteiger partial charge in [0.1, 0.15) is 5.82 Å². The fourth-order valence-corrected chi connectivity index (χ4v) is 3.20. The molecule has 1 spiro atoms. The van der Waals surface area contributed by atoms with Gasteiger partial charge in [-0.1, -0.05) is 6.42 Å². The van der Waals surface area contributed by atoms with Gasteiger partial charge in [0.15, 0.2) is 11.3 Å². The van der Waals surface area contributed by atoms with Crippen LogP contribution >= 0.6 is 0 Å². The monoisotopic (exact) mass is 294 g/mol. The molecule has 21 heavy (non-hydrogen) atoms. The number of nitrogens with zero attached hydrogens (tertiary/aromatic N) is 1. The maximum atomic E-state index is 12.9. The number of hydrazine groups is 1. The van der Waals surface area contributed by atoms with Crippen LogP contribution in [-0.4, -0.2) is 27.5 Å². The van der Waals surface area contributed by atoms with E-state index in [1.807, 2.05) is 0 Å². The fraction of sp³-hybridized carbons (Fsp3) is 0.533. The molecular formula is C15H19FN2O3. The lowest BCUT2D eigenvalue weighted by molar-refractivity contribution is -0.154. The highest BCUT2D eigenvalue weighted by Gasteiger charge is 2.62. The smallest absolute Gasteiger partial charge is 0.432 e. The SMILES string of the molecule is CC1(O)N(Nc2ccc(F)cc2)C(=O)OC12CCCCC2. The van der Waals surface area contributed by atoms with E-state index in [9.17, 15) is 14.3 Å². The first-order valence-corrected chi connectivity index (χ1v) is 7.22. The zero-order chi connectivity index (χ0) is 15.1. The topological polar surface area (TPSA) is 61.8 Å². The molecule has 1 saturated heterocycles. The number of aliphatic hydroxyl groups is 1. The first-order chi connectivity index (χ1) is 9.95. The summed E-state index contributed by atoms with van der Waals surface area (Å²) >= 11 is 0. The van der Waals surface area contributed by atoms with Crippen LogP contribution < -0.4 is 5.43 Å². The largest absolute Gasteiger partial charge is 0.436 e. The lowest BCUT2D eigenvalue weighted by atomic mass is 9.78. The Morgan fingerprint density at radius 2 is 1.86 bits per heavy atom. The van der Waals surface area contributed by atoms with E-state index in [4.69, 9.17) is 4.74 Å². The van der Waals surface area contributed by atoms with Crippen molar-refractivity contribution in [2.45, 2.75) is 50.4 Å². The minimum absolute atomic E-state index is 0.361. The lowest BCUT2D eigenvalue weighted by Crippen LogP contribution is -2.58. The maximum absolute atomic E-state index is 12.9. The van der Waals surface area contributed by atoms with Crippen LogP contribution in [0.3, 0.4) is 0 Å². The average molecular weight is 294 g/mol. The van der Waals surface area contributed by atoms with Crippen LogP contribution in [0.15, 0.2) is 24.3 Å². The van der Waals surface area contributed by atoms with E-state index in [1.54, 1.807) is 6.92 Å². The standard InChI is InChI=1S/C15H19FN2O3/c1-14(20)15(9-3-2-4-10-15)21-13(19)18(14)17-12-7-5-11(16)6-8-12/h5-8,17,20H,2-4,9-10H2,1H3. The van der Waals surface area contributed by atoms with Crippen LogP contribution in [0.4, 0.5) is 14.9 Å². The van der Waals surface area contributed by atoms with Gasteiger partial charge in [0, 0.05) is 0 Å². The van der Waals surface area contributed by atoms with Gasteiger partial charge in [-0.05, 0) is 56.9 Å². The van der Waals surface area contributed by atoms with Crippen molar-refractivity contribution in [2.24, 2.45) is 0 Å². The number of halogens is 1. The summed E-state index contributed by atoms with van der Waals surface area (Å²) in [6, 6.07) is 5.58. The summed E-state index contributed by atoms with van der Waals surface area (Å²) in [5.74, 6) is -0.361. The van der Waals surface area contributed by atoms with Crippen molar-refractivity contribution in [1.82, 2.24) is 5.01 Å². The summed E-state index contributed by atoms with van der Waals surface area (Å²) in [6.07, 6.45) is 3.62. The molecule has 0 radical (unpaired) electrons. The quantitative estimate of drug-likeness (QED) is 0.880. The molecule has 1 aliphatic heterocycles. The number of carbonyl (C=O) groups excluding carboxylic acids is 1. The highest BCUT2D eigenvalue weighted by atomic mass is 19.1. The highest BCUT2D eigenvalue weighted by Crippen LogP contribution is 2.46. The summed E-state index contributed by atoms with van der Waals surface area (Å²) in [4.78, 5) is 12.1. The summed E-state index contributed by atoms with van der Waals surface area (Å²) in [6.45, 7) is 1.58. The van der Waals surface area contributed by atoms with E-state index in [0.29, 0.717) is 18.5 Å². The van der Waals surface area contributed by atoms with Crippen molar-refractivity contribution >= 4 is 11.8 Å². The predicted molar refractivity (Wildman–Crippen MR) is 74.8 cm³/mol. The molecular weight excluding hydrogens is 275 g/mol. The Kier molecular flexibility index (Phi) is 3.28. The van der Waals surface area contributed by atoms with Crippen molar-refractivity contribution in [3.8, 4) is 0 Å². The zero-order valence-electron chi connectivity index (χ0n) is 11.9. The van der Waals surface area contributed by atoms with Gasteiger partial charge >= 0.3 is 6.09 Å². The average Bonchev–Trinajstić information content (AvgIpc) is 2.63. The number of benzene rings is 1. The summed E-state index contributed by atoms with van der Waals surface area (Å²) < 4.78 is 18.4. The van der Waals surface area contributed by atoms with E-state index >= 15 is 0 Å². The third kappa shape index (κ3) is 2.23. The highest BCUT2D eigenvalue weighted by molar-refractivity contribution is 5.74. The Morgan fingerprint density at radius 1 is 1.24 bits per heavy atom. The van der Waals surface area contributed by atoms with E-state index in [0.717, 1.165) is 24.3 Å². The van der Waals surface area contributed by atoms with E-state index in [-0.39, 0.29) is 5.82 Å². The van der Waals surface area contributed by atoms with Crippen LogP contribution in [-0.2, 0) is 4.74 Å². The molecule has 3 rings (SSSR count). The molecule has 1 heterocycles. The number of amides is 1. The van der Waals surface area contributed by atoms with Crippen LogP contribution in [0.2, 0.25) is 0 Å². The van der Waals surface area contributed by atoms with Gasteiger partial charge < -0.3 is 9.84 Å². The van der Waals surface area contributed by atoms with Crippen molar-refractivity contribution < 1.29 is 19.0 Å². The van der Waals surface area contributed by atoms with Crippen molar-refractivity contribution in [1.29, 1.82) is 0 Å². The molecule has 1 aromatic rings. The molecule has 1 aliphatic carbocycles. The molecule has 5 nitrogen and oxygen atoms in total. The Balaban J connectivity index is 1.85. The van der Waals surface area contributed by atoms with Crippen LogP contribution in [0, 0.1) is 5.82 Å². The van der Waals surface area contributed by atoms with E-state index in [1.165, 1.54) is 24.3 Å². The van der Waals surface area contributed by atoms with Gasteiger partial charge in [0.2, 0.25) is 0 Å². The van der Waals surface area contributed by atoms with E-state index in [2.05, 4.69) is 5.43 Å². The molecule has 1 aromatic carbocycles. The summed E-state index contributed by atoms with van der Waals surface area (Å²) in [5.41, 5.74) is 1.03. The molecule has 1 unspecified atom stereocenters. The van der Waals surface area contributed by atoms with Gasteiger partial charge in [-0.2, -0.15) is 5.01 Å². The van der Waals surface area contributed by atoms with Gasteiger partial charge in [0.25, 0.3) is 0 Å². The summed E-state index contributed by atoms with van der Waals surface area (Å²) in [5, 5.41) is 12.0. The minimum atomic E-state index is -1.45. The van der Waals surface area contributed by atoms with Crippen molar-refractivity contribution in [2.75, 3.05) is 5.43 Å². The molecule has 114 valence electrons. The van der Waals surface area contributed by atoms with Gasteiger partial charge in [-0.3, -0.25) is 5.43 Å². The number of rotatable bonds is 2. The third-order valence-electron chi connectivity index (χ3n) is 4.51. The number of hydrogen-bond donors (Lipinski definition) is 2. The Labute approximate surface area is 122 Å². The molecule has 0 bridgehead atoms. The predicted octanol–water partition coefficient (Wildman–Crippen LogP) is 3.02. The minimum Gasteiger partial charge on any atom is -0.436 e. The second-order valence-electron chi connectivity index (χ2n) is 5.90. The Morgan fingerprint density at radius 3 is 2.48 bits per heavy atom. The Bertz CT molecular complexity index is 538. The maximum Gasteiger partial charge on any atom is 0.432 e. The second-order valence-corrected chi connectivity index (χ2v) is 5.90. The molecule has 2 aliphatic rings. The first kappa shape index (κ1) is 14.1. The Hall–Kier alpha value is -1.82. The third-order valence-corrected chi connectivity index (χ3v) is 4.51. The van der Waals surface area contributed by atoms with Crippen LogP contribution in [0.25, 0.3) is 0 Å². The molecule has 2 N–H and O–H groups in total. The fourth-order valence-electron chi connectivity index (χ4n) is 3.20. The second kappa shape index (κ2) is 4.87. The van der Waals surface area contributed by atoms with Crippen molar-refractivity contribution in [3.63, 3.8) is 0 Å². The molecule has 1 atom stereocenters. The van der Waals surface area contributed by atoms with Gasteiger partial charge in [-0.25, -0.2) is 9.18 Å². The molecule has 0 aromatic heterocycles. The van der Waals surface area contributed by atoms with Gasteiger partial charge in [-0.15, -0.1) is 0 Å². The molecule has 6 heteroatoms. The lowest BCUT2D eigenvalue weighted by Gasteiger charge is -2.41. The first-order valence-electron chi connectivity index (χ1n) is 7.22. The molecule has 2 fully saturated rings. The van der Waals surface area contributed by atoms with Crippen LogP contribution in [0.5, 0.6) is 0 Å². The number of hydrogen-bond acceptors (Lipinski definition) is 4. The number of ether oxygens (including phenoxy) is 1. The van der Waals surface area contributed by atoms with Crippen molar-refractivity contribution in [3.05, 3.63) is 30.1 Å². The van der Waals surface area contributed by atoms with Crippen LogP contribution in [0.1, 0.15) is 39.0 Å². The summed E-state index contributed by atoms with van der Waals surface area (Å²) in [7, 11) is 0. The number of carbonyl (C=O) groups is 1. The van der Waals surface area contributed by atoms with Gasteiger partial charge in [0.05, 0.1) is 5.69 Å². The normalized spacial score (nSPS) is 27.8. The zero-order valence-corrected chi connectivity index (χ0v) is 11.9. The number of anilines is 1. The molecule has 1 amide bonds. The number of nitrogens with one attached hydrogen (secondary N) is 1. The molecule has 1 saturated carbocycles. The van der Waals surface area contributed by atoms with E-state index < -0.39 is 17.4 Å².